The van der Waals surface area contributed by atoms with Crippen LogP contribution in [-0.4, -0.2) is 5.78 Å². The van der Waals surface area contributed by atoms with Gasteiger partial charge in [0.1, 0.15) is 5.78 Å². The third-order valence-electron chi connectivity index (χ3n) is 2.51. The van der Waals surface area contributed by atoms with Crippen LogP contribution in [0.3, 0.4) is 0 Å². The Labute approximate surface area is 93.1 Å². The number of aryl methyl sites for hydroxylation is 1. The number of Topliss-reactive ketones (excluding diaryl/α,β-unsaturated/α-hetero) is 1. The van der Waals surface area contributed by atoms with Crippen molar-refractivity contribution in [2.24, 2.45) is 5.92 Å². The highest BCUT2D eigenvalue weighted by Crippen LogP contribution is 2.31. The lowest BCUT2D eigenvalue weighted by molar-refractivity contribution is -0.120. The second kappa shape index (κ2) is 4.45. The molecule has 1 aromatic heterocycles. The zero-order chi connectivity index (χ0) is 9.97. The summed E-state index contributed by atoms with van der Waals surface area (Å²) in [5.41, 5.74) is 0. The molecule has 0 amide bonds. The summed E-state index contributed by atoms with van der Waals surface area (Å²) in [6.45, 7) is 0. The predicted octanol–water partition coefficient (Wildman–Crippen LogP) is 3.70. The van der Waals surface area contributed by atoms with Gasteiger partial charge in [0.05, 0.1) is 4.34 Å². The van der Waals surface area contributed by atoms with Crippen LogP contribution in [0.4, 0.5) is 0 Å². The van der Waals surface area contributed by atoms with Crippen molar-refractivity contribution in [3.05, 3.63) is 21.3 Å². The van der Waals surface area contributed by atoms with Gasteiger partial charge in [-0.1, -0.05) is 11.6 Å². The quantitative estimate of drug-likeness (QED) is 0.751. The van der Waals surface area contributed by atoms with Crippen molar-refractivity contribution in [2.75, 3.05) is 0 Å². The van der Waals surface area contributed by atoms with Gasteiger partial charge < -0.3 is 0 Å². The minimum absolute atomic E-state index is 0.418. The lowest BCUT2D eigenvalue weighted by Crippen LogP contribution is -2.00. The van der Waals surface area contributed by atoms with E-state index in [9.17, 15) is 4.79 Å². The molecule has 1 fully saturated rings. The van der Waals surface area contributed by atoms with E-state index < -0.39 is 0 Å². The first-order chi connectivity index (χ1) is 6.75. The highest BCUT2D eigenvalue weighted by Gasteiger charge is 2.28. The van der Waals surface area contributed by atoms with Gasteiger partial charge in [-0.3, -0.25) is 4.79 Å². The second-order valence-corrected chi connectivity index (χ2v) is 5.60. The van der Waals surface area contributed by atoms with Crippen LogP contribution in [0.2, 0.25) is 4.34 Å². The van der Waals surface area contributed by atoms with Crippen LogP contribution in [0.15, 0.2) is 12.1 Å². The van der Waals surface area contributed by atoms with Crippen molar-refractivity contribution >= 4 is 28.7 Å². The van der Waals surface area contributed by atoms with E-state index in [0.29, 0.717) is 11.7 Å². The summed E-state index contributed by atoms with van der Waals surface area (Å²) in [6.07, 6.45) is 4.98. The van der Waals surface area contributed by atoms with Crippen molar-refractivity contribution in [3.63, 3.8) is 0 Å². The van der Waals surface area contributed by atoms with Crippen LogP contribution in [0.5, 0.6) is 0 Å². The van der Waals surface area contributed by atoms with E-state index in [1.165, 1.54) is 4.88 Å². The minimum atomic E-state index is 0.418. The number of hydrogen-bond acceptors (Lipinski definition) is 2. The molecule has 0 radical (unpaired) electrons. The Morgan fingerprint density at radius 1 is 1.50 bits per heavy atom. The number of carbonyl (C=O) groups excluding carboxylic acids is 1. The van der Waals surface area contributed by atoms with Crippen molar-refractivity contribution in [3.8, 4) is 0 Å². The van der Waals surface area contributed by atoms with Gasteiger partial charge in [0.15, 0.2) is 0 Å². The Bertz CT molecular complexity index is 328. The zero-order valence-electron chi connectivity index (χ0n) is 7.96. The molecular formula is C11H13ClOS. The number of thiophene rings is 1. The van der Waals surface area contributed by atoms with Crippen molar-refractivity contribution < 1.29 is 4.79 Å². The summed E-state index contributed by atoms with van der Waals surface area (Å²) >= 11 is 7.43. The molecule has 0 atom stereocenters. The average molecular weight is 229 g/mol. The van der Waals surface area contributed by atoms with Crippen molar-refractivity contribution in [2.45, 2.75) is 32.1 Å². The minimum Gasteiger partial charge on any atom is -0.299 e. The van der Waals surface area contributed by atoms with E-state index in [2.05, 4.69) is 6.07 Å². The molecule has 1 nitrogen and oxygen atoms in total. The first-order valence-corrected chi connectivity index (χ1v) is 6.22. The fraction of sp³-hybridized carbons (Fsp3) is 0.545. The number of carbonyl (C=O) groups is 1. The van der Waals surface area contributed by atoms with Crippen LogP contribution < -0.4 is 0 Å². The monoisotopic (exact) mass is 228 g/mol. The van der Waals surface area contributed by atoms with E-state index in [4.69, 9.17) is 11.6 Å². The molecule has 14 heavy (non-hydrogen) atoms. The molecule has 76 valence electrons. The number of rotatable bonds is 5. The van der Waals surface area contributed by atoms with Gasteiger partial charge in [0, 0.05) is 17.2 Å². The Morgan fingerprint density at radius 2 is 2.29 bits per heavy atom. The smallest absolute Gasteiger partial charge is 0.135 e. The molecule has 1 aromatic rings. The van der Waals surface area contributed by atoms with Crippen LogP contribution >= 0.6 is 22.9 Å². The molecule has 1 aliphatic rings. The fourth-order valence-electron chi connectivity index (χ4n) is 1.53. The maximum atomic E-state index is 11.4. The Balaban J connectivity index is 1.69. The van der Waals surface area contributed by atoms with Gasteiger partial charge in [-0.05, 0) is 37.8 Å². The van der Waals surface area contributed by atoms with Gasteiger partial charge >= 0.3 is 0 Å². The molecule has 3 heteroatoms. The van der Waals surface area contributed by atoms with E-state index in [1.807, 2.05) is 6.07 Å². The summed E-state index contributed by atoms with van der Waals surface area (Å²) < 4.78 is 0.841. The number of hydrogen-bond donors (Lipinski definition) is 0. The lowest BCUT2D eigenvalue weighted by Gasteiger charge is -1.97. The average Bonchev–Trinajstić information content (AvgIpc) is 2.92. The summed E-state index contributed by atoms with van der Waals surface area (Å²) in [7, 11) is 0. The van der Waals surface area contributed by atoms with Gasteiger partial charge in [-0.15, -0.1) is 11.3 Å². The van der Waals surface area contributed by atoms with E-state index >= 15 is 0 Å². The maximum Gasteiger partial charge on any atom is 0.135 e. The summed E-state index contributed by atoms with van der Waals surface area (Å²) in [6, 6.07) is 3.97. The van der Waals surface area contributed by atoms with E-state index in [-0.39, 0.29) is 0 Å². The molecule has 0 aromatic carbocycles. The van der Waals surface area contributed by atoms with Crippen LogP contribution in [0, 0.1) is 5.92 Å². The Morgan fingerprint density at radius 3 is 2.86 bits per heavy atom. The molecule has 2 rings (SSSR count). The Hall–Kier alpha value is -0.340. The molecule has 1 saturated carbocycles. The topological polar surface area (TPSA) is 17.1 Å². The summed E-state index contributed by atoms with van der Waals surface area (Å²) in [5, 5.41) is 0. The van der Waals surface area contributed by atoms with Gasteiger partial charge in [-0.2, -0.15) is 0 Å². The van der Waals surface area contributed by atoms with E-state index in [0.717, 1.165) is 36.4 Å². The first-order valence-electron chi connectivity index (χ1n) is 5.02. The standard InChI is InChI=1S/C11H13ClOS/c12-11-7-6-9(14-11)2-1-3-10(13)8-4-5-8/h6-8H,1-5H2. The third kappa shape index (κ3) is 2.82. The second-order valence-electron chi connectivity index (χ2n) is 3.80. The maximum absolute atomic E-state index is 11.4. The molecule has 0 bridgehead atoms. The van der Waals surface area contributed by atoms with Gasteiger partial charge in [0.2, 0.25) is 0 Å². The van der Waals surface area contributed by atoms with Crippen LogP contribution in [0.1, 0.15) is 30.6 Å². The third-order valence-corrected chi connectivity index (χ3v) is 3.80. The lowest BCUT2D eigenvalue weighted by atomic mass is 10.1. The Kier molecular flexibility index (Phi) is 3.24. The zero-order valence-corrected chi connectivity index (χ0v) is 9.53. The van der Waals surface area contributed by atoms with Gasteiger partial charge in [-0.25, -0.2) is 0 Å². The SMILES string of the molecule is O=C(CCCc1ccc(Cl)s1)C1CC1. The van der Waals surface area contributed by atoms with Gasteiger partial charge in [0.25, 0.3) is 0 Å². The highest BCUT2D eigenvalue weighted by atomic mass is 35.5. The normalized spacial score (nSPS) is 15.8. The highest BCUT2D eigenvalue weighted by molar-refractivity contribution is 7.16. The summed E-state index contributed by atoms with van der Waals surface area (Å²) in [4.78, 5) is 12.7. The van der Waals surface area contributed by atoms with Crippen molar-refractivity contribution in [1.29, 1.82) is 0 Å². The molecule has 0 N–H and O–H groups in total. The van der Waals surface area contributed by atoms with Crippen LogP contribution in [0.25, 0.3) is 0 Å². The van der Waals surface area contributed by atoms with Crippen molar-refractivity contribution in [1.82, 2.24) is 0 Å². The van der Waals surface area contributed by atoms with E-state index in [1.54, 1.807) is 11.3 Å². The molecule has 1 heterocycles. The largest absolute Gasteiger partial charge is 0.299 e. The molecule has 0 unspecified atom stereocenters. The summed E-state index contributed by atoms with van der Waals surface area (Å²) in [5.74, 6) is 0.884. The molecule has 0 saturated heterocycles. The fourth-order valence-corrected chi connectivity index (χ4v) is 2.66. The molecule has 0 aliphatic heterocycles. The number of ketones is 1. The molecular weight excluding hydrogens is 216 g/mol. The predicted molar refractivity (Wildman–Crippen MR) is 60.0 cm³/mol. The molecule has 1 aliphatic carbocycles. The molecule has 0 spiro atoms. The first kappa shape index (κ1) is 10.2. The van der Waals surface area contributed by atoms with Crippen LogP contribution in [-0.2, 0) is 11.2 Å². The number of halogens is 1.